The van der Waals surface area contributed by atoms with E-state index in [4.69, 9.17) is 4.52 Å². The maximum atomic E-state index is 13.3. The van der Waals surface area contributed by atoms with Crippen molar-refractivity contribution in [3.05, 3.63) is 85.8 Å². The van der Waals surface area contributed by atoms with Gasteiger partial charge in [0.1, 0.15) is 28.3 Å². The highest BCUT2D eigenvalue weighted by Crippen LogP contribution is 2.35. The Bertz CT molecular complexity index is 1420. The Hall–Kier alpha value is -2.82. The molecule has 8 nitrogen and oxygen atoms in total. The normalized spacial score (nSPS) is 15.7. The van der Waals surface area contributed by atoms with Crippen molar-refractivity contribution >= 4 is 37.8 Å². The van der Waals surface area contributed by atoms with Gasteiger partial charge < -0.3 is 14.5 Å². The summed E-state index contributed by atoms with van der Waals surface area (Å²) in [5.74, 6) is 0.194. The van der Waals surface area contributed by atoms with Gasteiger partial charge in [0.25, 0.3) is 5.91 Å². The minimum Gasteiger partial charge on any atom is -0.380 e. The van der Waals surface area contributed by atoms with Crippen LogP contribution in [0.3, 0.4) is 0 Å². The largest absolute Gasteiger partial charge is 0.380 e. The van der Waals surface area contributed by atoms with Crippen LogP contribution in [0.1, 0.15) is 45.9 Å². The van der Waals surface area contributed by atoms with Gasteiger partial charge in [0.05, 0.1) is 25.3 Å². The van der Waals surface area contributed by atoms with E-state index < -0.39 is 5.60 Å². The van der Waals surface area contributed by atoms with Crippen LogP contribution in [0.5, 0.6) is 0 Å². The maximum Gasteiger partial charge on any atom is 0.259 e. The van der Waals surface area contributed by atoms with Crippen LogP contribution in [0.2, 0.25) is 0 Å². The summed E-state index contributed by atoms with van der Waals surface area (Å²) in [4.78, 5) is 14.9. The summed E-state index contributed by atoms with van der Waals surface area (Å²) in [6, 6.07) is 13.6. The van der Waals surface area contributed by atoms with Crippen molar-refractivity contribution in [2.75, 3.05) is 13.1 Å². The number of benzene rings is 2. The Morgan fingerprint density at radius 1 is 1.17 bits per heavy atom. The summed E-state index contributed by atoms with van der Waals surface area (Å²) in [6.07, 6.45) is 1.75. The molecule has 1 amide bonds. The van der Waals surface area contributed by atoms with Crippen LogP contribution in [0.25, 0.3) is 11.3 Å². The highest BCUT2D eigenvalue weighted by Gasteiger charge is 2.48. The number of nitrogens with zero attached hydrogens (tertiary/aromatic N) is 5. The maximum absolute atomic E-state index is 13.3. The second kappa shape index (κ2) is 9.00. The van der Waals surface area contributed by atoms with Crippen LogP contribution in [-0.2, 0) is 5.60 Å². The molecule has 0 bridgehead atoms. The zero-order valence-corrected chi connectivity index (χ0v) is 22.5. The summed E-state index contributed by atoms with van der Waals surface area (Å²) in [5.41, 5.74) is 3.05. The second-order valence-corrected chi connectivity index (χ2v) is 10.7. The van der Waals surface area contributed by atoms with Crippen LogP contribution >= 0.6 is 31.9 Å². The van der Waals surface area contributed by atoms with Gasteiger partial charge in [0.2, 0.25) is 0 Å². The lowest BCUT2D eigenvalue weighted by atomic mass is 9.89. The molecule has 1 atom stereocenters. The van der Waals surface area contributed by atoms with E-state index in [0.717, 1.165) is 25.6 Å². The summed E-state index contributed by atoms with van der Waals surface area (Å²) in [5, 5.41) is 23.8. The summed E-state index contributed by atoms with van der Waals surface area (Å²) in [6.45, 7) is 6.00. The average molecular weight is 601 g/mol. The Morgan fingerprint density at radius 2 is 1.94 bits per heavy atom. The molecule has 1 fully saturated rings. The number of carbonyl (C=O) groups is 1. The lowest BCUT2D eigenvalue weighted by Crippen LogP contribution is -2.61. The highest BCUT2D eigenvalue weighted by atomic mass is 79.9. The van der Waals surface area contributed by atoms with Crippen LogP contribution < -0.4 is 0 Å². The summed E-state index contributed by atoms with van der Waals surface area (Å²) < 4.78 is 9.01. The fraction of sp³-hybridized carbons (Fsp3) is 0.280. The number of hydrogen-bond donors (Lipinski definition) is 1. The first kappa shape index (κ1) is 23.9. The van der Waals surface area contributed by atoms with Crippen molar-refractivity contribution in [3.63, 3.8) is 0 Å². The van der Waals surface area contributed by atoms with Crippen LogP contribution in [-0.4, -0.2) is 49.2 Å². The van der Waals surface area contributed by atoms with Crippen molar-refractivity contribution < 1.29 is 14.4 Å². The first-order valence-electron chi connectivity index (χ1n) is 11.1. The van der Waals surface area contributed by atoms with E-state index in [1.165, 1.54) is 0 Å². The third kappa shape index (κ3) is 4.34. The van der Waals surface area contributed by atoms with E-state index in [-0.39, 0.29) is 25.0 Å². The molecule has 2 aromatic carbocycles. The third-order valence-electron chi connectivity index (χ3n) is 6.42. The summed E-state index contributed by atoms with van der Waals surface area (Å²) in [7, 11) is 0. The Balaban J connectivity index is 1.33. The molecule has 10 heteroatoms. The van der Waals surface area contributed by atoms with Gasteiger partial charge in [0, 0.05) is 14.5 Å². The molecule has 1 saturated heterocycles. The molecular weight excluding hydrogens is 578 g/mol. The molecule has 1 aliphatic rings. The standard InChI is InChI=1S/C25H23Br2N5O3/c1-14-9-17(7-8-20(14)27)15(2)32-11-21(28-30-32)25(34)12-31(13-25)24(33)22-16(3)35-29-23(22)18-5-4-6-19(26)10-18/h4-11,15,34H,12-13H2,1-3H3/t15-/m0/s1. The number of β-amino-alcohol motifs (C(OH)–C–C–N with tert-alkyl or cyclic N) is 1. The van der Waals surface area contributed by atoms with Gasteiger partial charge >= 0.3 is 0 Å². The Morgan fingerprint density at radius 3 is 2.66 bits per heavy atom. The van der Waals surface area contributed by atoms with Crippen molar-refractivity contribution in [3.8, 4) is 11.3 Å². The number of aryl methyl sites for hydroxylation is 2. The number of halogens is 2. The Labute approximate surface area is 219 Å². The molecule has 0 aliphatic carbocycles. The van der Waals surface area contributed by atoms with Gasteiger partial charge in [-0.2, -0.15) is 0 Å². The topological polar surface area (TPSA) is 97.3 Å². The number of amides is 1. The lowest BCUT2D eigenvalue weighted by Gasteiger charge is -2.45. The quantitative estimate of drug-likeness (QED) is 0.345. The van der Waals surface area contributed by atoms with E-state index in [0.29, 0.717) is 22.7 Å². The van der Waals surface area contributed by atoms with Gasteiger partial charge in [-0.25, -0.2) is 4.68 Å². The number of carbonyl (C=O) groups excluding carboxylic acids is 1. The monoisotopic (exact) mass is 599 g/mol. The van der Waals surface area contributed by atoms with Crippen molar-refractivity contribution in [1.82, 2.24) is 25.1 Å². The van der Waals surface area contributed by atoms with Gasteiger partial charge in [-0.3, -0.25) is 4.79 Å². The fourth-order valence-electron chi connectivity index (χ4n) is 4.27. The van der Waals surface area contributed by atoms with E-state index in [2.05, 4.69) is 53.4 Å². The van der Waals surface area contributed by atoms with Crippen molar-refractivity contribution in [1.29, 1.82) is 0 Å². The third-order valence-corrected chi connectivity index (χ3v) is 7.80. The van der Waals surface area contributed by atoms with Gasteiger partial charge in [0.15, 0.2) is 0 Å². The van der Waals surface area contributed by atoms with Crippen LogP contribution in [0.15, 0.2) is 62.1 Å². The van der Waals surface area contributed by atoms with Crippen molar-refractivity contribution in [2.24, 2.45) is 0 Å². The van der Waals surface area contributed by atoms with E-state index in [1.54, 1.807) is 22.7 Å². The molecule has 35 heavy (non-hydrogen) atoms. The molecule has 3 heterocycles. The van der Waals surface area contributed by atoms with E-state index in [1.807, 2.05) is 50.2 Å². The minimum absolute atomic E-state index is 0.0585. The number of aromatic nitrogens is 4. The summed E-state index contributed by atoms with van der Waals surface area (Å²) >= 11 is 6.98. The minimum atomic E-state index is -1.26. The molecule has 4 aromatic rings. The number of hydrogen-bond acceptors (Lipinski definition) is 6. The molecule has 0 saturated carbocycles. The van der Waals surface area contributed by atoms with Gasteiger partial charge in [-0.1, -0.05) is 66.5 Å². The van der Waals surface area contributed by atoms with Gasteiger partial charge in [-0.15, -0.1) is 5.10 Å². The molecular formula is C25H23Br2N5O3. The number of likely N-dealkylation sites (tertiary alicyclic amines) is 1. The number of aliphatic hydroxyl groups is 1. The zero-order valence-electron chi connectivity index (χ0n) is 19.4. The van der Waals surface area contributed by atoms with Crippen LogP contribution in [0, 0.1) is 13.8 Å². The number of rotatable bonds is 5. The zero-order chi connectivity index (χ0) is 24.9. The molecule has 0 unspecified atom stereocenters. The smallest absolute Gasteiger partial charge is 0.259 e. The average Bonchev–Trinajstić information content (AvgIpc) is 3.45. The molecule has 2 aromatic heterocycles. The molecule has 0 spiro atoms. The first-order chi connectivity index (χ1) is 16.7. The van der Waals surface area contributed by atoms with E-state index >= 15 is 0 Å². The van der Waals surface area contributed by atoms with Gasteiger partial charge in [-0.05, 0) is 50.1 Å². The van der Waals surface area contributed by atoms with Crippen LogP contribution in [0.4, 0.5) is 0 Å². The second-order valence-electron chi connectivity index (χ2n) is 8.93. The van der Waals surface area contributed by atoms with E-state index in [9.17, 15) is 9.90 Å². The predicted octanol–water partition coefficient (Wildman–Crippen LogP) is 5.03. The molecule has 1 aliphatic heterocycles. The molecule has 5 rings (SSSR count). The molecule has 180 valence electrons. The molecule has 0 radical (unpaired) electrons. The SMILES string of the molecule is Cc1cc([C@H](C)n2cc(C3(O)CN(C(=O)c4c(-c5cccc(Br)c5)noc4C)C3)nn2)ccc1Br. The van der Waals surface area contributed by atoms with Crippen molar-refractivity contribution in [2.45, 2.75) is 32.4 Å². The first-order valence-corrected chi connectivity index (χ1v) is 12.7. The highest BCUT2D eigenvalue weighted by molar-refractivity contribution is 9.10. The molecule has 1 N–H and O–H groups in total. The fourth-order valence-corrected chi connectivity index (χ4v) is 4.91. The predicted molar refractivity (Wildman–Crippen MR) is 137 cm³/mol. The Kier molecular flexibility index (Phi) is 6.14. The lowest BCUT2D eigenvalue weighted by molar-refractivity contribution is -0.0893.